The van der Waals surface area contributed by atoms with E-state index >= 15 is 0 Å². The first-order valence-corrected chi connectivity index (χ1v) is 11.5. The van der Waals surface area contributed by atoms with E-state index in [1.807, 2.05) is 57.9 Å². The van der Waals surface area contributed by atoms with Gasteiger partial charge in [-0.15, -0.1) is 0 Å². The summed E-state index contributed by atoms with van der Waals surface area (Å²) in [6, 6.07) is 14.3. The van der Waals surface area contributed by atoms with Crippen LogP contribution in [0, 0.1) is 11.8 Å². The second-order valence-corrected chi connectivity index (χ2v) is 9.36. The zero-order valence-electron chi connectivity index (χ0n) is 19.6. The van der Waals surface area contributed by atoms with E-state index in [9.17, 15) is 9.59 Å². The predicted octanol–water partition coefficient (Wildman–Crippen LogP) is 4.44. The van der Waals surface area contributed by atoms with Crippen LogP contribution in [0.3, 0.4) is 0 Å². The molecule has 0 bridgehead atoms. The fourth-order valence-corrected chi connectivity index (χ4v) is 4.22. The van der Waals surface area contributed by atoms with Gasteiger partial charge in [-0.25, -0.2) is 0 Å². The molecule has 0 spiro atoms. The molecule has 2 amide bonds. The number of hydrogen-bond donors (Lipinski definition) is 0. The van der Waals surface area contributed by atoms with Crippen LogP contribution in [0.25, 0.3) is 0 Å². The largest absolute Gasteiger partial charge is 0.353 e. The predicted molar refractivity (Wildman–Crippen MR) is 124 cm³/mol. The first kappa shape index (κ1) is 23.1. The zero-order chi connectivity index (χ0) is 22.5. The summed E-state index contributed by atoms with van der Waals surface area (Å²) in [5.41, 5.74) is 2.32. The number of carbonyl (C=O) groups is 2. The Balaban J connectivity index is 1.71. The van der Waals surface area contributed by atoms with Crippen LogP contribution in [0.1, 0.15) is 57.7 Å². The smallest absolute Gasteiger partial charge is 0.242 e. The van der Waals surface area contributed by atoms with E-state index in [1.165, 1.54) is 5.56 Å². The molecule has 5 nitrogen and oxygen atoms in total. The molecule has 31 heavy (non-hydrogen) atoms. The fraction of sp³-hybridized carbons (Fsp3) is 0.538. The van der Waals surface area contributed by atoms with Gasteiger partial charge in [0.05, 0.1) is 6.54 Å². The van der Waals surface area contributed by atoms with E-state index in [2.05, 4.69) is 39.8 Å². The summed E-state index contributed by atoms with van der Waals surface area (Å²) in [6.45, 7) is 9.78. The van der Waals surface area contributed by atoms with E-state index in [1.54, 1.807) is 0 Å². The molecule has 1 heterocycles. The molecule has 1 aromatic carbocycles. The number of nitrogens with zero attached hydrogens (tertiary/aromatic N) is 3. The van der Waals surface area contributed by atoms with Crippen molar-refractivity contribution in [3.63, 3.8) is 0 Å². The van der Waals surface area contributed by atoms with Gasteiger partial charge in [-0.2, -0.15) is 0 Å². The Kier molecular flexibility index (Phi) is 7.58. The van der Waals surface area contributed by atoms with Crippen LogP contribution in [0.5, 0.6) is 0 Å². The molecule has 1 saturated carbocycles. The minimum absolute atomic E-state index is 0.00405. The van der Waals surface area contributed by atoms with Gasteiger partial charge in [0.1, 0.15) is 6.54 Å². The summed E-state index contributed by atoms with van der Waals surface area (Å²) in [4.78, 5) is 30.5. The lowest BCUT2D eigenvalue weighted by molar-refractivity contribution is -0.143. The minimum atomic E-state index is -0.00405. The maximum Gasteiger partial charge on any atom is 0.242 e. The van der Waals surface area contributed by atoms with E-state index in [4.69, 9.17) is 0 Å². The van der Waals surface area contributed by atoms with Gasteiger partial charge in [0.15, 0.2) is 0 Å². The Hall–Kier alpha value is -2.56. The van der Waals surface area contributed by atoms with Crippen LogP contribution in [-0.4, -0.2) is 45.3 Å². The number of carbonyl (C=O) groups excluding carboxylic acids is 2. The van der Waals surface area contributed by atoms with Gasteiger partial charge in [0, 0.05) is 37.4 Å². The molecule has 3 rings (SSSR count). The molecule has 1 aliphatic rings. The average molecular weight is 424 g/mol. The monoisotopic (exact) mass is 423 g/mol. The molecule has 5 heteroatoms. The highest BCUT2D eigenvalue weighted by Crippen LogP contribution is 2.48. The van der Waals surface area contributed by atoms with Crippen molar-refractivity contribution in [2.24, 2.45) is 18.9 Å². The number of amides is 2. The normalized spacial score (nSPS) is 18.6. The lowest BCUT2D eigenvalue weighted by atomic mass is 10.1. The Labute approximate surface area is 187 Å². The van der Waals surface area contributed by atoms with Gasteiger partial charge >= 0.3 is 0 Å². The Morgan fingerprint density at radius 1 is 1.10 bits per heavy atom. The summed E-state index contributed by atoms with van der Waals surface area (Å²) in [5.74, 6) is 0.796. The molecular formula is C26H37N3O2. The highest BCUT2D eigenvalue weighted by atomic mass is 16.2. The molecule has 3 atom stereocenters. The molecule has 0 saturated heterocycles. The maximum atomic E-state index is 13.4. The first-order valence-electron chi connectivity index (χ1n) is 11.5. The third-order valence-corrected chi connectivity index (χ3v) is 6.39. The number of hydrogen-bond acceptors (Lipinski definition) is 2. The SMILES string of the molecule is CCC(C)N(CC(=O)N(Cc1cccn1C)CC(C)C)C(=O)C1CC1c1ccccc1. The molecule has 2 aromatic rings. The standard InChI is InChI=1S/C26H37N3O2/c1-6-20(4)29(26(31)24-15-23(24)21-11-8-7-9-12-21)18-25(30)28(16-19(2)3)17-22-13-10-14-27(22)5/h7-14,19-20,23-24H,6,15-18H2,1-5H3. The van der Waals surface area contributed by atoms with Gasteiger partial charge in [0.2, 0.25) is 11.8 Å². The summed E-state index contributed by atoms with van der Waals surface area (Å²) < 4.78 is 2.05. The summed E-state index contributed by atoms with van der Waals surface area (Å²) in [5, 5.41) is 0. The highest BCUT2D eigenvalue weighted by Gasteiger charge is 2.46. The van der Waals surface area contributed by atoms with Crippen molar-refractivity contribution in [1.82, 2.24) is 14.4 Å². The van der Waals surface area contributed by atoms with Gasteiger partial charge in [-0.1, -0.05) is 51.1 Å². The number of benzene rings is 1. The van der Waals surface area contributed by atoms with Gasteiger partial charge in [-0.05, 0) is 49.3 Å². The van der Waals surface area contributed by atoms with Crippen molar-refractivity contribution >= 4 is 11.8 Å². The van der Waals surface area contributed by atoms with Crippen LogP contribution in [-0.2, 0) is 23.2 Å². The van der Waals surface area contributed by atoms with Crippen LogP contribution in [0.2, 0.25) is 0 Å². The summed E-state index contributed by atoms with van der Waals surface area (Å²) >= 11 is 0. The highest BCUT2D eigenvalue weighted by molar-refractivity contribution is 5.88. The molecular weight excluding hydrogens is 386 g/mol. The molecule has 0 N–H and O–H groups in total. The Morgan fingerprint density at radius 2 is 1.81 bits per heavy atom. The topological polar surface area (TPSA) is 45.6 Å². The summed E-state index contributed by atoms with van der Waals surface area (Å²) in [7, 11) is 2.00. The first-order chi connectivity index (χ1) is 14.8. The third kappa shape index (κ3) is 5.78. The van der Waals surface area contributed by atoms with Crippen molar-refractivity contribution < 1.29 is 9.59 Å². The van der Waals surface area contributed by atoms with Crippen molar-refractivity contribution in [3.05, 3.63) is 59.9 Å². The van der Waals surface area contributed by atoms with Gasteiger partial charge < -0.3 is 14.4 Å². The lowest BCUT2D eigenvalue weighted by Crippen LogP contribution is -2.47. The van der Waals surface area contributed by atoms with Gasteiger partial charge in [-0.3, -0.25) is 9.59 Å². The second-order valence-electron chi connectivity index (χ2n) is 9.36. The minimum Gasteiger partial charge on any atom is -0.353 e. The van der Waals surface area contributed by atoms with E-state index in [0.29, 0.717) is 19.0 Å². The van der Waals surface area contributed by atoms with Crippen LogP contribution < -0.4 is 0 Å². The van der Waals surface area contributed by atoms with Crippen LogP contribution in [0.4, 0.5) is 0 Å². The van der Waals surface area contributed by atoms with Crippen LogP contribution >= 0.6 is 0 Å². The Morgan fingerprint density at radius 3 is 2.39 bits per heavy atom. The van der Waals surface area contributed by atoms with Crippen molar-refractivity contribution in [2.45, 2.75) is 59.0 Å². The summed E-state index contributed by atoms with van der Waals surface area (Å²) in [6.07, 6.45) is 3.71. The number of rotatable bonds is 10. The molecule has 1 fully saturated rings. The van der Waals surface area contributed by atoms with Crippen molar-refractivity contribution in [1.29, 1.82) is 0 Å². The lowest BCUT2D eigenvalue weighted by Gasteiger charge is -2.32. The van der Waals surface area contributed by atoms with E-state index < -0.39 is 0 Å². The molecule has 3 unspecified atom stereocenters. The van der Waals surface area contributed by atoms with Gasteiger partial charge in [0.25, 0.3) is 0 Å². The fourth-order valence-electron chi connectivity index (χ4n) is 4.22. The number of aryl methyl sites for hydroxylation is 1. The molecule has 168 valence electrons. The van der Waals surface area contributed by atoms with E-state index in [0.717, 1.165) is 18.5 Å². The van der Waals surface area contributed by atoms with Crippen molar-refractivity contribution in [2.75, 3.05) is 13.1 Å². The molecule has 0 aliphatic heterocycles. The van der Waals surface area contributed by atoms with E-state index in [-0.39, 0.29) is 36.2 Å². The quantitative estimate of drug-likeness (QED) is 0.567. The molecule has 0 radical (unpaired) electrons. The number of aromatic nitrogens is 1. The molecule has 1 aliphatic carbocycles. The average Bonchev–Trinajstić information content (AvgIpc) is 3.46. The molecule has 1 aromatic heterocycles. The third-order valence-electron chi connectivity index (χ3n) is 6.39. The maximum absolute atomic E-state index is 13.4. The Bertz CT molecular complexity index is 874. The zero-order valence-corrected chi connectivity index (χ0v) is 19.6. The second kappa shape index (κ2) is 10.2. The van der Waals surface area contributed by atoms with Crippen LogP contribution in [0.15, 0.2) is 48.7 Å². The van der Waals surface area contributed by atoms with Crippen molar-refractivity contribution in [3.8, 4) is 0 Å².